The van der Waals surface area contributed by atoms with Crippen molar-refractivity contribution in [1.29, 1.82) is 0 Å². The molecule has 0 aliphatic rings. The molecule has 0 saturated carbocycles. The van der Waals surface area contributed by atoms with Crippen molar-refractivity contribution in [2.45, 2.75) is 0 Å². The fraction of sp³-hybridized carbons (Fsp3) is 0. The summed E-state index contributed by atoms with van der Waals surface area (Å²) in [6.07, 6.45) is 0. The maximum atomic E-state index is 2.46. The van der Waals surface area contributed by atoms with E-state index in [1.807, 2.05) is 0 Å². The Morgan fingerprint density at radius 3 is 1.11 bits per heavy atom. The summed E-state index contributed by atoms with van der Waals surface area (Å²) in [5.74, 6) is 0. The van der Waals surface area contributed by atoms with Crippen molar-refractivity contribution in [3.63, 3.8) is 0 Å². The zero-order chi connectivity index (χ0) is 49.8. The summed E-state index contributed by atoms with van der Waals surface area (Å²) in [4.78, 5) is 0. The molecule has 4 aromatic heterocycles. The van der Waals surface area contributed by atoms with E-state index in [9.17, 15) is 0 Å². The Bertz CT molecular complexity index is 4860. The molecule has 354 valence electrons. The minimum absolute atomic E-state index is 1.13. The molecule has 76 heavy (non-hydrogen) atoms. The highest BCUT2D eigenvalue weighted by molar-refractivity contribution is 6.17. The van der Waals surface area contributed by atoms with E-state index in [2.05, 4.69) is 297 Å². The largest absolute Gasteiger partial charge is 0.309 e. The number of aromatic nitrogens is 4. The van der Waals surface area contributed by atoms with Crippen LogP contribution in [0.1, 0.15) is 0 Å². The molecule has 0 fully saturated rings. The molecule has 0 N–H and O–H groups in total. The second-order valence-electron chi connectivity index (χ2n) is 20.0. The van der Waals surface area contributed by atoms with Crippen LogP contribution in [-0.2, 0) is 0 Å². The highest BCUT2D eigenvalue weighted by Gasteiger charge is 2.22. The minimum Gasteiger partial charge on any atom is -0.309 e. The van der Waals surface area contributed by atoms with Crippen LogP contribution in [0.4, 0.5) is 0 Å². The van der Waals surface area contributed by atoms with E-state index in [4.69, 9.17) is 0 Å². The Kier molecular flexibility index (Phi) is 9.30. The molecule has 0 spiro atoms. The molecule has 16 aromatic rings. The third-order valence-electron chi connectivity index (χ3n) is 16.0. The van der Waals surface area contributed by atoms with Crippen LogP contribution in [0, 0.1) is 0 Å². The normalized spacial score (nSPS) is 11.9. The van der Waals surface area contributed by atoms with Crippen LogP contribution in [0.5, 0.6) is 0 Å². The van der Waals surface area contributed by atoms with Crippen LogP contribution in [-0.4, -0.2) is 18.3 Å². The number of benzene rings is 12. The summed E-state index contributed by atoms with van der Waals surface area (Å²) in [6.45, 7) is 0. The van der Waals surface area contributed by atoms with Crippen molar-refractivity contribution in [3.05, 3.63) is 279 Å². The smallest absolute Gasteiger partial charge is 0.0709 e. The zero-order valence-electron chi connectivity index (χ0n) is 41.3. The number of fused-ring (bicyclic) bond motifs is 12. The summed E-state index contributed by atoms with van der Waals surface area (Å²) >= 11 is 0. The molecule has 4 heteroatoms. The van der Waals surface area contributed by atoms with Crippen molar-refractivity contribution >= 4 is 87.2 Å². The highest BCUT2D eigenvalue weighted by atomic mass is 15.1. The fourth-order valence-electron chi connectivity index (χ4n) is 12.6. The summed E-state index contributed by atoms with van der Waals surface area (Å²) in [6, 6.07) is 102. The van der Waals surface area contributed by atoms with E-state index in [-0.39, 0.29) is 0 Å². The van der Waals surface area contributed by atoms with Gasteiger partial charge in [0.15, 0.2) is 0 Å². The van der Waals surface area contributed by atoms with Gasteiger partial charge in [-0.1, -0.05) is 194 Å². The molecule has 0 amide bonds. The highest BCUT2D eigenvalue weighted by Crippen LogP contribution is 2.43. The molecule has 0 bridgehead atoms. The van der Waals surface area contributed by atoms with E-state index in [1.165, 1.54) is 109 Å². The number of nitrogens with zero attached hydrogens (tertiary/aromatic N) is 4. The van der Waals surface area contributed by atoms with Crippen molar-refractivity contribution < 1.29 is 0 Å². The number of hydrogen-bond acceptors (Lipinski definition) is 0. The fourth-order valence-corrected chi connectivity index (χ4v) is 12.6. The maximum absolute atomic E-state index is 2.46. The lowest BCUT2D eigenvalue weighted by atomic mass is 9.98. The van der Waals surface area contributed by atoms with Crippen LogP contribution in [0.25, 0.3) is 143 Å². The number of para-hydroxylation sites is 7. The third kappa shape index (κ3) is 6.31. The first-order chi connectivity index (χ1) is 37.7. The van der Waals surface area contributed by atoms with Gasteiger partial charge in [0, 0.05) is 54.5 Å². The molecule has 4 nitrogen and oxygen atoms in total. The van der Waals surface area contributed by atoms with Gasteiger partial charge in [-0.2, -0.15) is 0 Å². The molecular weight excluding hydrogens is 921 g/mol. The summed E-state index contributed by atoms with van der Waals surface area (Å²) in [5.41, 5.74) is 21.2. The standard InChI is InChI=1S/C72H46N4/c1-2-17-52(18-3-1)74-62-26-10-4-23-59(62)60-43-39-51(46-70(60)74)54-25-16-32-69-72(54)61-24-9-15-31-67(61)73(69)53-41-37-48(38-42-53)47-33-35-49(36-34-47)50-40-44-68(75-63-27-11-5-19-55(63)56-20-6-12-28-64(56)75)71(45-50)76-65-29-13-7-21-57(65)58-22-8-14-30-66(58)76/h1-46H. The Morgan fingerprint density at radius 2 is 0.553 bits per heavy atom. The van der Waals surface area contributed by atoms with Gasteiger partial charge < -0.3 is 18.3 Å². The van der Waals surface area contributed by atoms with Gasteiger partial charge in [-0.3, -0.25) is 0 Å². The Morgan fingerprint density at radius 1 is 0.184 bits per heavy atom. The molecule has 16 rings (SSSR count). The van der Waals surface area contributed by atoms with Crippen LogP contribution in [0.15, 0.2) is 279 Å². The van der Waals surface area contributed by atoms with Gasteiger partial charge in [0.05, 0.1) is 55.5 Å². The Labute approximate surface area is 438 Å². The summed E-state index contributed by atoms with van der Waals surface area (Å²) in [7, 11) is 0. The lowest BCUT2D eigenvalue weighted by Crippen LogP contribution is -2.04. The quantitative estimate of drug-likeness (QED) is 0.152. The first-order valence-electron chi connectivity index (χ1n) is 26.2. The predicted octanol–water partition coefficient (Wildman–Crippen LogP) is 19.1. The van der Waals surface area contributed by atoms with Crippen molar-refractivity contribution in [1.82, 2.24) is 18.3 Å². The van der Waals surface area contributed by atoms with Gasteiger partial charge in [0.25, 0.3) is 0 Å². The topological polar surface area (TPSA) is 19.7 Å². The molecular formula is C72H46N4. The van der Waals surface area contributed by atoms with Gasteiger partial charge in [-0.25, -0.2) is 0 Å². The van der Waals surface area contributed by atoms with Crippen molar-refractivity contribution in [2.75, 3.05) is 0 Å². The van der Waals surface area contributed by atoms with Crippen LogP contribution >= 0.6 is 0 Å². The zero-order valence-corrected chi connectivity index (χ0v) is 41.3. The third-order valence-corrected chi connectivity index (χ3v) is 16.0. The first-order valence-corrected chi connectivity index (χ1v) is 26.2. The predicted molar refractivity (Wildman–Crippen MR) is 320 cm³/mol. The molecule has 0 saturated heterocycles. The van der Waals surface area contributed by atoms with Gasteiger partial charge >= 0.3 is 0 Å². The van der Waals surface area contributed by atoms with Crippen LogP contribution < -0.4 is 0 Å². The SMILES string of the molecule is c1ccc(-n2c3ccccc3c3ccc(-c4cccc5c4c4ccccc4n5-c4ccc(-c5ccc(-c6ccc(-n7c8ccccc8c8ccccc87)c(-n7c8ccccc8c8ccccc87)c6)cc5)cc4)cc32)cc1. The second-order valence-corrected chi connectivity index (χ2v) is 20.0. The molecule has 0 radical (unpaired) electrons. The Hall–Kier alpha value is -10.2. The van der Waals surface area contributed by atoms with Crippen LogP contribution in [0.3, 0.4) is 0 Å². The number of hydrogen-bond donors (Lipinski definition) is 0. The molecule has 0 aliphatic carbocycles. The van der Waals surface area contributed by atoms with E-state index < -0.39 is 0 Å². The van der Waals surface area contributed by atoms with E-state index >= 15 is 0 Å². The van der Waals surface area contributed by atoms with Gasteiger partial charge in [0.2, 0.25) is 0 Å². The molecule has 0 atom stereocenters. The summed E-state index contributed by atoms with van der Waals surface area (Å²) in [5, 5.41) is 9.98. The minimum atomic E-state index is 1.13. The lowest BCUT2D eigenvalue weighted by Gasteiger charge is -2.18. The van der Waals surface area contributed by atoms with Gasteiger partial charge in [-0.05, 0) is 118 Å². The second kappa shape index (κ2) is 16.7. The average molecular weight is 967 g/mol. The molecule has 12 aromatic carbocycles. The Balaban J connectivity index is 0.784. The van der Waals surface area contributed by atoms with Crippen molar-refractivity contribution in [3.8, 4) is 56.1 Å². The lowest BCUT2D eigenvalue weighted by molar-refractivity contribution is 1.10. The van der Waals surface area contributed by atoms with Gasteiger partial charge in [-0.15, -0.1) is 0 Å². The van der Waals surface area contributed by atoms with E-state index in [0.29, 0.717) is 0 Å². The average Bonchev–Trinajstić information content (AvgIpc) is 4.37. The molecule has 0 aliphatic heterocycles. The van der Waals surface area contributed by atoms with Crippen molar-refractivity contribution in [2.24, 2.45) is 0 Å². The molecule has 0 unspecified atom stereocenters. The van der Waals surface area contributed by atoms with Crippen LogP contribution in [0.2, 0.25) is 0 Å². The summed E-state index contributed by atoms with van der Waals surface area (Å²) < 4.78 is 9.75. The maximum Gasteiger partial charge on any atom is 0.0709 e. The van der Waals surface area contributed by atoms with E-state index in [1.54, 1.807) is 0 Å². The first kappa shape index (κ1) is 42.4. The number of rotatable bonds is 7. The monoisotopic (exact) mass is 966 g/mol. The van der Waals surface area contributed by atoms with Gasteiger partial charge in [0.1, 0.15) is 0 Å². The van der Waals surface area contributed by atoms with E-state index in [0.717, 1.165) is 33.9 Å². The molecule has 4 heterocycles.